The number of amides is 1. The van der Waals surface area contributed by atoms with Gasteiger partial charge < -0.3 is 14.5 Å². The zero-order valence-electron chi connectivity index (χ0n) is 12.0. The first-order valence-corrected chi connectivity index (χ1v) is 6.64. The second-order valence-corrected chi connectivity index (χ2v) is 4.64. The van der Waals surface area contributed by atoms with Gasteiger partial charge in [-0.05, 0) is 25.5 Å². The summed E-state index contributed by atoms with van der Waals surface area (Å²) >= 11 is 0. The third-order valence-corrected chi connectivity index (χ3v) is 3.04. The van der Waals surface area contributed by atoms with Crippen LogP contribution in [0, 0.1) is 6.92 Å². The van der Waals surface area contributed by atoms with E-state index in [2.05, 4.69) is 5.32 Å². The van der Waals surface area contributed by atoms with E-state index in [1.54, 1.807) is 6.92 Å². The number of hydrogen-bond donors (Lipinski definition) is 1. The molecule has 1 aromatic heterocycles. The molecule has 1 atom stereocenters. The summed E-state index contributed by atoms with van der Waals surface area (Å²) in [5, 5.41) is 2.72. The molecular formula is C16H17NO4. The highest BCUT2D eigenvalue weighted by Gasteiger charge is 2.20. The highest BCUT2D eigenvalue weighted by molar-refractivity contribution is 5.92. The Hall–Kier alpha value is -2.56. The van der Waals surface area contributed by atoms with Crippen molar-refractivity contribution in [2.75, 3.05) is 0 Å². The molecule has 0 saturated carbocycles. The minimum Gasteiger partial charge on any atom is -0.469 e. The van der Waals surface area contributed by atoms with Crippen molar-refractivity contribution < 1.29 is 18.7 Å². The molecule has 2 rings (SSSR count). The van der Waals surface area contributed by atoms with Crippen LogP contribution in [0.1, 0.15) is 28.6 Å². The summed E-state index contributed by atoms with van der Waals surface area (Å²) in [4.78, 5) is 23.7. The zero-order valence-corrected chi connectivity index (χ0v) is 12.0. The molecule has 0 bridgehead atoms. The Bertz CT molecular complexity index is 618. The number of benzene rings is 1. The van der Waals surface area contributed by atoms with Crippen LogP contribution in [0.5, 0.6) is 0 Å². The molecule has 1 N–H and O–H groups in total. The number of carbonyl (C=O) groups is 2. The van der Waals surface area contributed by atoms with E-state index in [4.69, 9.17) is 9.15 Å². The van der Waals surface area contributed by atoms with Gasteiger partial charge in [-0.2, -0.15) is 0 Å². The molecule has 1 heterocycles. The summed E-state index contributed by atoms with van der Waals surface area (Å²) < 4.78 is 10.1. The Morgan fingerprint density at radius 2 is 1.95 bits per heavy atom. The largest absolute Gasteiger partial charge is 0.469 e. The van der Waals surface area contributed by atoms with E-state index >= 15 is 0 Å². The van der Waals surface area contributed by atoms with Gasteiger partial charge in [0.05, 0.1) is 6.26 Å². The summed E-state index contributed by atoms with van der Waals surface area (Å²) in [5.41, 5.74) is 1.31. The molecule has 0 spiro atoms. The van der Waals surface area contributed by atoms with Gasteiger partial charge >= 0.3 is 5.97 Å². The number of ether oxygens (including phenoxy) is 1. The fraction of sp³-hybridized carbons (Fsp3) is 0.250. The fourth-order valence-electron chi connectivity index (χ4n) is 1.80. The zero-order chi connectivity index (χ0) is 15.2. The van der Waals surface area contributed by atoms with Crippen LogP contribution >= 0.6 is 0 Å². The molecule has 0 saturated heterocycles. The van der Waals surface area contributed by atoms with Crippen molar-refractivity contribution in [1.82, 2.24) is 5.32 Å². The third kappa shape index (κ3) is 3.95. The first-order chi connectivity index (χ1) is 10.1. The van der Waals surface area contributed by atoms with E-state index in [0.717, 1.165) is 5.56 Å². The Morgan fingerprint density at radius 1 is 1.24 bits per heavy atom. The van der Waals surface area contributed by atoms with Gasteiger partial charge in [0.25, 0.3) is 5.91 Å². The second-order valence-electron chi connectivity index (χ2n) is 4.64. The van der Waals surface area contributed by atoms with E-state index in [9.17, 15) is 9.59 Å². The Kier molecular flexibility index (Phi) is 4.77. The Labute approximate surface area is 122 Å². The van der Waals surface area contributed by atoms with E-state index in [0.29, 0.717) is 17.9 Å². The van der Waals surface area contributed by atoms with Gasteiger partial charge in [-0.3, -0.25) is 4.79 Å². The quantitative estimate of drug-likeness (QED) is 0.858. The van der Waals surface area contributed by atoms with E-state index < -0.39 is 12.1 Å². The lowest BCUT2D eigenvalue weighted by Gasteiger charge is -2.13. The lowest BCUT2D eigenvalue weighted by atomic mass is 10.2. The highest BCUT2D eigenvalue weighted by Crippen LogP contribution is 2.11. The second kappa shape index (κ2) is 6.74. The monoisotopic (exact) mass is 287 g/mol. The van der Waals surface area contributed by atoms with E-state index in [1.165, 1.54) is 19.3 Å². The number of esters is 1. The van der Waals surface area contributed by atoms with Crippen LogP contribution in [-0.2, 0) is 16.1 Å². The van der Waals surface area contributed by atoms with E-state index in [1.807, 2.05) is 30.3 Å². The van der Waals surface area contributed by atoms with Gasteiger partial charge in [0.1, 0.15) is 11.3 Å². The first-order valence-electron chi connectivity index (χ1n) is 6.64. The summed E-state index contributed by atoms with van der Waals surface area (Å²) in [6.45, 7) is 3.59. The van der Waals surface area contributed by atoms with Gasteiger partial charge in [0.2, 0.25) is 0 Å². The number of hydrogen-bond acceptors (Lipinski definition) is 4. The lowest BCUT2D eigenvalue weighted by Crippen LogP contribution is -2.35. The molecule has 21 heavy (non-hydrogen) atoms. The number of furan rings is 1. The molecule has 5 nitrogen and oxygen atoms in total. The predicted molar refractivity (Wildman–Crippen MR) is 76.6 cm³/mol. The van der Waals surface area contributed by atoms with Crippen LogP contribution in [0.3, 0.4) is 0 Å². The van der Waals surface area contributed by atoms with Crippen molar-refractivity contribution in [3.8, 4) is 0 Å². The third-order valence-electron chi connectivity index (χ3n) is 3.04. The number of aryl methyl sites for hydroxylation is 1. The smallest absolute Gasteiger partial charge is 0.342 e. The first kappa shape index (κ1) is 14.8. The summed E-state index contributed by atoms with van der Waals surface area (Å²) in [6, 6.07) is 11.0. The van der Waals surface area contributed by atoms with Crippen LogP contribution in [0.2, 0.25) is 0 Å². The van der Waals surface area contributed by atoms with Crippen molar-refractivity contribution >= 4 is 11.9 Å². The van der Waals surface area contributed by atoms with Gasteiger partial charge in [0, 0.05) is 6.54 Å². The molecule has 110 valence electrons. The van der Waals surface area contributed by atoms with Crippen LogP contribution in [0.25, 0.3) is 0 Å². The number of carbonyl (C=O) groups excluding carboxylic acids is 2. The predicted octanol–water partition coefficient (Wildman–Crippen LogP) is 2.45. The molecule has 5 heteroatoms. The van der Waals surface area contributed by atoms with E-state index in [-0.39, 0.29) is 5.91 Å². The average molecular weight is 287 g/mol. The Balaban J connectivity index is 1.85. The fourth-order valence-corrected chi connectivity index (χ4v) is 1.80. The molecule has 0 radical (unpaired) electrons. The molecule has 1 aromatic carbocycles. The SMILES string of the molecule is Cc1occc1C(=O)O[C@@H](C)C(=O)NCc1ccccc1. The molecule has 0 aliphatic carbocycles. The van der Waals surface area contributed by atoms with Crippen molar-refractivity contribution in [3.05, 3.63) is 59.5 Å². The molecular weight excluding hydrogens is 270 g/mol. The highest BCUT2D eigenvalue weighted by atomic mass is 16.5. The summed E-state index contributed by atoms with van der Waals surface area (Å²) in [7, 11) is 0. The lowest BCUT2D eigenvalue weighted by molar-refractivity contribution is -0.129. The summed E-state index contributed by atoms with van der Waals surface area (Å²) in [5.74, 6) is -0.436. The Morgan fingerprint density at radius 3 is 2.57 bits per heavy atom. The number of rotatable bonds is 5. The van der Waals surface area contributed by atoms with Crippen LogP contribution in [0.4, 0.5) is 0 Å². The van der Waals surface area contributed by atoms with Crippen molar-refractivity contribution in [2.24, 2.45) is 0 Å². The average Bonchev–Trinajstić information content (AvgIpc) is 2.92. The number of nitrogens with one attached hydrogen (secondary N) is 1. The maximum absolute atomic E-state index is 11.9. The van der Waals surface area contributed by atoms with Crippen molar-refractivity contribution in [3.63, 3.8) is 0 Å². The van der Waals surface area contributed by atoms with Gasteiger partial charge in [0.15, 0.2) is 6.10 Å². The normalized spacial score (nSPS) is 11.7. The van der Waals surface area contributed by atoms with Gasteiger partial charge in [-0.15, -0.1) is 0 Å². The summed E-state index contributed by atoms with van der Waals surface area (Å²) in [6.07, 6.45) is 0.544. The van der Waals surface area contributed by atoms with Crippen molar-refractivity contribution in [1.29, 1.82) is 0 Å². The van der Waals surface area contributed by atoms with Crippen LogP contribution < -0.4 is 5.32 Å². The standard InChI is InChI=1S/C16H17NO4/c1-11-14(8-9-20-11)16(19)21-12(2)15(18)17-10-13-6-4-3-5-7-13/h3-9,12H,10H2,1-2H3,(H,17,18)/t12-/m0/s1. The van der Waals surface area contributed by atoms with Gasteiger partial charge in [-0.1, -0.05) is 30.3 Å². The van der Waals surface area contributed by atoms with Crippen molar-refractivity contribution in [2.45, 2.75) is 26.5 Å². The molecule has 0 fully saturated rings. The molecule has 0 aliphatic heterocycles. The topological polar surface area (TPSA) is 68.5 Å². The molecule has 1 amide bonds. The maximum atomic E-state index is 11.9. The minimum atomic E-state index is -0.865. The minimum absolute atomic E-state index is 0.331. The molecule has 0 aliphatic rings. The maximum Gasteiger partial charge on any atom is 0.342 e. The molecule has 0 unspecified atom stereocenters. The molecule has 2 aromatic rings. The van der Waals surface area contributed by atoms with Crippen LogP contribution in [-0.4, -0.2) is 18.0 Å². The van der Waals surface area contributed by atoms with Gasteiger partial charge in [-0.25, -0.2) is 4.79 Å². The van der Waals surface area contributed by atoms with Crippen LogP contribution in [0.15, 0.2) is 47.1 Å².